The van der Waals surface area contributed by atoms with Gasteiger partial charge in [0, 0.05) is 19.2 Å². The topological polar surface area (TPSA) is 81.9 Å². The van der Waals surface area contributed by atoms with Crippen LogP contribution in [0.1, 0.15) is 0 Å². The molecule has 7 heteroatoms. The number of hydrogen-bond donors (Lipinski definition) is 0. The minimum atomic E-state index is -0.511. The summed E-state index contributed by atoms with van der Waals surface area (Å²) in [4.78, 5) is 23.0. The van der Waals surface area contributed by atoms with Crippen molar-refractivity contribution >= 4 is 17.3 Å². The molecule has 0 aromatic heterocycles. The zero-order valence-electron chi connectivity index (χ0n) is 10.4. The van der Waals surface area contributed by atoms with Crippen molar-refractivity contribution in [3.05, 3.63) is 28.3 Å². The summed E-state index contributed by atoms with van der Waals surface area (Å²) in [5.74, 6) is 0.00179. The van der Waals surface area contributed by atoms with Crippen LogP contribution in [0.5, 0.6) is 5.75 Å². The van der Waals surface area contributed by atoms with E-state index in [1.165, 1.54) is 37.3 Å². The molecule has 0 N–H and O–H groups in total. The van der Waals surface area contributed by atoms with Crippen LogP contribution in [-0.2, 0) is 9.53 Å². The molecule has 0 saturated carbocycles. The second-order valence-electron chi connectivity index (χ2n) is 3.54. The largest absolute Gasteiger partial charge is 0.497 e. The fourth-order valence-corrected chi connectivity index (χ4v) is 1.43. The van der Waals surface area contributed by atoms with Crippen molar-refractivity contribution in [2.75, 3.05) is 32.7 Å². The summed E-state index contributed by atoms with van der Waals surface area (Å²) < 4.78 is 9.52. The summed E-state index contributed by atoms with van der Waals surface area (Å²) in [5, 5.41) is 10.9. The van der Waals surface area contributed by atoms with Gasteiger partial charge < -0.3 is 14.4 Å². The van der Waals surface area contributed by atoms with Gasteiger partial charge in [0.1, 0.15) is 18.0 Å². The van der Waals surface area contributed by atoms with E-state index in [4.69, 9.17) is 4.74 Å². The Bertz CT molecular complexity index is 461. The van der Waals surface area contributed by atoms with E-state index in [-0.39, 0.29) is 12.2 Å². The maximum atomic E-state index is 11.2. The molecule has 0 spiro atoms. The van der Waals surface area contributed by atoms with Gasteiger partial charge in [-0.3, -0.25) is 14.9 Å². The van der Waals surface area contributed by atoms with Crippen molar-refractivity contribution < 1.29 is 19.2 Å². The zero-order valence-corrected chi connectivity index (χ0v) is 10.4. The molecule has 18 heavy (non-hydrogen) atoms. The van der Waals surface area contributed by atoms with Gasteiger partial charge in [-0.15, -0.1) is 0 Å². The molecule has 0 aliphatic heterocycles. The lowest BCUT2D eigenvalue weighted by Gasteiger charge is -2.18. The summed E-state index contributed by atoms with van der Waals surface area (Å²) >= 11 is 0. The van der Waals surface area contributed by atoms with Gasteiger partial charge in [-0.1, -0.05) is 0 Å². The Balaban J connectivity index is 3.10. The van der Waals surface area contributed by atoms with Gasteiger partial charge in [0.15, 0.2) is 0 Å². The number of rotatable bonds is 5. The van der Waals surface area contributed by atoms with Crippen molar-refractivity contribution in [2.45, 2.75) is 0 Å². The second-order valence-corrected chi connectivity index (χ2v) is 3.54. The third-order valence-electron chi connectivity index (χ3n) is 2.38. The Hall–Kier alpha value is -2.31. The number of benzene rings is 1. The molecular formula is C11H14N2O5. The monoisotopic (exact) mass is 254 g/mol. The molecule has 1 rings (SSSR count). The molecule has 0 aliphatic rings. The van der Waals surface area contributed by atoms with Gasteiger partial charge in [0.2, 0.25) is 0 Å². The quantitative estimate of drug-likeness (QED) is 0.446. The molecule has 0 fully saturated rings. The minimum absolute atomic E-state index is 0.0789. The van der Waals surface area contributed by atoms with E-state index in [9.17, 15) is 14.9 Å². The maximum Gasteiger partial charge on any atom is 0.325 e. The molecule has 1 aromatic carbocycles. The predicted octanol–water partition coefficient (Wildman–Crippen LogP) is 1.21. The van der Waals surface area contributed by atoms with Crippen LogP contribution >= 0.6 is 0 Å². The van der Waals surface area contributed by atoms with Crippen molar-refractivity contribution in [1.82, 2.24) is 0 Å². The average Bonchev–Trinajstić information content (AvgIpc) is 2.37. The molecule has 0 bridgehead atoms. The van der Waals surface area contributed by atoms with E-state index in [1.54, 1.807) is 7.05 Å². The number of hydrogen-bond acceptors (Lipinski definition) is 6. The van der Waals surface area contributed by atoms with Crippen LogP contribution in [0.4, 0.5) is 11.4 Å². The van der Waals surface area contributed by atoms with Crippen LogP contribution in [0.25, 0.3) is 0 Å². The predicted molar refractivity (Wildman–Crippen MR) is 64.9 cm³/mol. The fourth-order valence-electron chi connectivity index (χ4n) is 1.43. The zero-order chi connectivity index (χ0) is 13.7. The highest BCUT2D eigenvalue weighted by atomic mass is 16.6. The average molecular weight is 254 g/mol. The molecule has 0 heterocycles. The van der Waals surface area contributed by atoms with Gasteiger partial charge >= 0.3 is 5.97 Å². The number of nitro groups is 1. The Labute approximate surface area is 104 Å². The lowest BCUT2D eigenvalue weighted by molar-refractivity contribution is -0.384. The van der Waals surface area contributed by atoms with Gasteiger partial charge in [-0.2, -0.15) is 0 Å². The molecule has 0 amide bonds. The first-order valence-corrected chi connectivity index (χ1v) is 5.10. The van der Waals surface area contributed by atoms with E-state index < -0.39 is 10.9 Å². The lowest BCUT2D eigenvalue weighted by atomic mass is 10.2. The van der Waals surface area contributed by atoms with Crippen LogP contribution in [0, 0.1) is 10.1 Å². The van der Waals surface area contributed by atoms with E-state index in [0.717, 1.165) is 0 Å². The smallest absolute Gasteiger partial charge is 0.325 e. The first-order valence-electron chi connectivity index (χ1n) is 5.10. The number of nitrogens with zero attached hydrogens (tertiary/aromatic N) is 2. The molecule has 0 atom stereocenters. The lowest BCUT2D eigenvalue weighted by Crippen LogP contribution is -2.27. The normalized spacial score (nSPS) is 9.72. The number of anilines is 1. The van der Waals surface area contributed by atoms with E-state index in [2.05, 4.69) is 4.74 Å². The Morgan fingerprint density at radius 3 is 2.61 bits per heavy atom. The maximum absolute atomic E-state index is 11.2. The standard InChI is InChI=1S/C11H14N2O5/c1-12(7-11(14)18-3)10-6-8(17-2)4-5-9(10)13(15)16/h4-6H,7H2,1-3H3. The van der Waals surface area contributed by atoms with E-state index >= 15 is 0 Å². The van der Waals surface area contributed by atoms with E-state index in [1.807, 2.05) is 0 Å². The summed E-state index contributed by atoms with van der Waals surface area (Å²) in [6, 6.07) is 4.33. The van der Waals surface area contributed by atoms with Crippen LogP contribution in [-0.4, -0.2) is 38.7 Å². The number of carbonyl (C=O) groups is 1. The molecule has 7 nitrogen and oxygen atoms in total. The molecule has 0 unspecified atom stereocenters. The number of ether oxygens (including phenoxy) is 2. The molecular weight excluding hydrogens is 240 g/mol. The number of likely N-dealkylation sites (N-methyl/N-ethyl adjacent to an activating group) is 1. The molecule has 0 aliphatic carbocycles. The van der Waals surface area contributed by atoms with Crippen LogP contribution < -0.4 is 9.64 Å². The first-order chi connectivity index (χ1) is 8.49. The highest BCUT2D eigenvalue weighted by Gasteiger charge is 2.19. The van der Waals surface area contributed by atoms with Gasteiger partial charge in [0.05, 0.1) is 19.1 Å². The molecule has 1 aromatic rings. The van der Waals surface area contributed by atoms with Crippen LogP contribution in [0.3, 0.4) is 0 Å². The summed E-state index contributed by atoms with van der Waals surface area (Å²) in [7, 11) is 4.29. The first kappa shape index (κ1) is 13.8. The van der Waals surface area contributed by atoms with Gasteiger partial charge in [-0.25, -0.2) is 0 Å². The summed E-state index contributed by atoms with van der Waals surface area (Å²) in [6.07, 6.45) is 0. The van der Waals surface area contributed by atoms with Gasteiger partial charge in [0.25, 0.3) is 5.69 Å². The van der Waals surface area contributed by atoms with Gasteiger partial charge in [-0.05, 0) is 6.07 Å². The fraction of sp³-hybridized carbons (Fsp3) is 0.364. The van der Waals surface area contributed by atoms with Crippen molar-refractivity contribution in [3.63, 3.8) is 0 Å². The Morgan fingerprint density at radius 2 is 2.11 bits per heavy atom. The second kappa shape index (κ2) is 5.85. The third kappa shape index (κ3) is 3.09. The number of esters is 1. The highest BCUT2D eigenvalue weighted by Crippen LogP contribution is 2.31. The number of carbonyl (C=O) groups excluding carboxylic acids is 1. The third-order valence-corrected chi connectivity index (χ3v) is 2.38. The molecule has 0 radical (unpaired) electrons. The minimum Gasteiger partial charge on any atom is -0.497 e. The molecule has 0 saturated heterocycles. The SMILES string of the molecule is COC(=O)CN(C)c1cc(OC)ccc1[N+](=O)[O-]. The molecule has 98 valence electrons. The van der Waals surface area contributed by atoms with Crippen LogP contribution in [0.2, 0.25) is 0 Å². The Kier molecular flexibility index (Phi) is 4.47. The summed E-state index contributed by atoms with van der Waals surface area (Å²) in [6.45, 7) is -0.0789. The van der Waals surface area contributed by atoms with Crippen LogP contribution in [0.15, 0.2) is 18.2 Å². The number of nitro benzene ring substituents is 1. The Morgan fingerprint density at radius 1 is 1.44 bits per heavy atom. The van der Waals surface area contributed by atoms with Crippen molar-refractivity contribution in [3.8, 4) is 5.75 Å². The van der Waals surface area contributed by atoms with E-state index in [0.29, 0.717) is 11.4 Å². The summed E-state index contributed by atoms with van der Waals surface area (Å²) in [5.41, 5.74) is 0.201. The highest BCUT2D eigenvalue weighted by molar-refractivity contribution is 5.78. The number of methoxy groups -OCH3 is 2. The van der Waals surface area contributed by atoms with Crippen molar-refractivity contribution in [2.24, 2.45) is 0 Å². The van der Waals surface area contributed by atoms with Crippen molar-refractivity contribution in [1.29, 1.82) is 0 Å².